The zero-order valence-electron chi connectivity index (χ0n) is 15.3. The van der Waals surface area contributed by atoms with Gasteiger partial charge < -0.3 is 20.1 Å². The van der Waals surface area contributed by atoms with Gasteiger partial charge in [-0.2, -0.15) is 0 Å². The van der Waals surface area contributed by atoms with Crippen molar-refractivity contribution in [3.63, 3.8) is 0 Å². The lowest BCUT2D eigenvalue weighted by Gasteiger charge is -2.25. The van der Waals surface area contributed by atoms with Crippen LogP contribution in [0.3, 0.4) is 0 Å². The second-order valence-electron chi connectivity index (χ2n) is 6.22. The Labute approximate surface area is 165 Å². The average Bonchev–Trinajstić information content (AvgIpc) is 2.68. The molecule has 0 aromatic heterocycles. The number of benzene rings is 2. The van der Waals surface area contributed by atoms with E-state index in [1.54, 1.807) is 24.3 Å². The van der Waals surface area contributed by atoms with E-state index in [-0.39, 0.29) is 17.8 Å². The van der Waals surface area contributed by atoms with Gasteiger partial charge in [0.25, 0.3) is 17.5 Å². The van der Waals surface area contributed by atoms with Crippen LogP contribution in [0.25, 0.3) is 0 Å². The van der Waals surface area contributed by atoms with Gasteiger partial charge in [-0.15, -0.1) is 0 Å². The number of nitrogens with one attached hydrogen (secondary N) is 2. The van der Waals surface area contributed by atoms with E-state index in [4.69, 9.17) is 9.47 Å². The van der Waals surface area contributed by atoms with Crippen molar-refractivity contribution >= 4 is 34.8 Å². The Kier molecular flexibility index (Phi) is 5.72. The molecule has 10 heteroatoms. The zero-order chi connectivity index (χ0) is 21.0. The summed E-state index contributed by atoms with van der Waals surface area (Å²) in [6, 6.07) is 12.1. The number of hydrogen-bond acceptors (Lipinski definition) is 7. The third kappa shape index (κ3) is 4.86. The van der Waals surface area contributed by atoms with Crippen LogP contribution in [0.4, 0.5) is 17.1 Å². The number of esters is 1. The van der Waals surface area contributed by atoms with Gasteiger partial charge in [0.2, 0.25) is 0 Å². The molecule has 10 nitrogen and oxygen atoms in total. The molecule has 0 bridgehead atoms. The van der Waals surface area contributed by atoms with E-state index >= 15 is 0 Å². The number of carbonyl (C=O) groups is 3. The Bertz CT molecular complexity index is 976. The second-order valence-corrected chi connectivity index (χ2v) is 6.22. The Morgan fingerprint density at radius 3 is 2.79 bits per heavy atom. The Hall–Kier alpha value is -3.95. The van der Waals surface area contributed by atoms with Gasteiger partial charge in [0.05, 0.1) is 17.0 Å². The summed E-state index contributed by atoms with van der Waals surface area (Å²) in [5, 5.41) is 15.9. The molecule has 0 saturated heterocycles. The van der Waals surface area contributed by atoms with E-state index in [9.17, 15) is 24.5 Å². The summed E-state index contributed by atoms with van der Waals surface area (Å²) in [7, 11) is 0. The standard InChI is InChI=1S/C19H17N3O7/c1-11(18(24)20-12-5-4-6-13(9-12)22(26)27)28-17(23)10-16-19(25)21-14-7-2-3-8-15(14)29-16/h2-9,11,16H,10H2,1H3,(H,20,24)(H,21,25). The van der Waals surface area contributed by atoms with Crippen LogP contribution in [0, 0.1) is 10.1 Å². The molecule has 3 rings (SSSR count). The van der Waals surface area contributed by atoms with Gasteiger partial charge in [0.15, 0.2) is 12.2 Å². The molecule has 0 fully saturated rings. The van der Waals surface area contributed by atoms with Crippen molar-refractivity contribution in [2.75, 3.05) is 10.6 Å². The van der Waals surface area contributed by atoms with E-state index in [1.165, 1.54) is 31.2 Å². The van der Waals surface area contributed by atoms with Gasteiger partial charge in [-0.3, -0.25) is 24.5 Å². The van der Waals surface area contributed by atoms with Crippen LogP contribution < -0.4 is 15.4 Å². The minimum Gasteiger partial charge on any atom is -0.478 e. The minimum atomic E-state index is -1.18. The van der Waals surface area contributed by atoms with Crippen molar-refractivity contribution in [2.24, 2.45) is 0 Å². The first kappa shape index (κ1) is 19.8. The molecule has 2 atom stereocenters. The molecule has 2 amide bonds. The fraction of sp³-hybridized carbons (Fsp3) is 0.211. The highest BCUT2D eigenvalue weighted by atomic mass is 16.6. The monoisotopic (exact) mass is 399 g/mol. The number of carbonyl (C=O) groups excluding carboxylic acids is 3. The van der Waals surface area contributed by atoms with E-state index in [2.05, 4.69) is 10.6 Å². The molecule has 2 aromatic rings. The first-order chi connectivity index (χ1) is 13.8. The van der Waals surface area contributed by atoms with E-state index < -0.39 is 34.9 Å². The maximum Gasteiger partial charge on any atom is 0.310 e. The maximum atomic E-state index is 12.2. The van der Waals surface area contributed by atoms with Crippen molar-refractivity contribution in [3.8, 4) is 5.75 Å². The molecule has 1 heterocycles. The molecule has 0 spiro atoms. The molecular weight excluding hydrogens is 382 g/mol. The largest absolute Gasteiger partial charge is 0.478 e. The molecule has 2 aromatic carbocycles. The van der Waals surface area contributed by atoms with Crippen molar-refractivity contribution in [1.29, 1.82) is 0 Å². The molecule has 1 aliphatic rings. The Morgan fingerprint density at radius 1 is 1.28 bits per heavy atom. The summed E-state index contributed by atoms with van der Waals surface area (Å²) in [4.78, 5) is 46.6. The number of nitro benzene ring substituents is 1. The summed E-state index contributed by atoms with van der Waals surface area (Å²) >= 11 is 0. The number of rotatable bonds is 6. The fourth-order valence-corrected chi connectivity index (χ4v) is 2.62. The Morgan fingerprint density at radius 2 is 2.03 bits per heavy atom. The normalized spacial score (nSPS) is 15.9. The van der Waals surface area contributed by atoms with Crippen LogP contribution >= 0.6 is 0 Å². The number of hydrogen-bond donors (Lipinski definition) is 2. The predicted molar refractivity (Wildman–Crippen MR) is 101 cm³/mol. The first-order valence-electron chi connectivity index (χ1n) is 8.65. The molecule has 0 saturated carbocycles. The van der Waals surface area contributed by atoms with Crippen LogP contribution in [0.15, 0.2) is 48.5 Å². The molecule has 150 valence electrons. The number of nitrogens with zero attached hydrogens (tertiary/aromatic N) is 1. The number of para-hydroxylation sites is 2. The topological polar surface area (TPSA) is 137 Å². The van der Waals surface area contributed by atoms with Gasteiger partial charge in [0, 0.05) is 17.8 Å². The SMILES string of the molecule is CC(OC(=O)CC1Oc2ccccc2NC1=O)C(=O)Nc1cccc([N+](=O)[O-])c1. The number of non-ortho nitro benzene ring substituents is 1. The van der Waals surface area contributed by atoms with Gasteiger partial charge in [0.1, 0.15) is 5.75 Å². The highest BCUT2D eigenvalue weighted by Crippen LogP contribution is 2.29. The van der Waals surface area contributed by atoms with Crippen molar-refractivity contribution in [1.82, 2.24) is 0 Å². The molecule has 0 aliphatic carbocycles. The maximum absolute atomic E-state index is 12.2. The molecular formula is C19H17N3O7. The minimum absolute atomic E-state index is 0.187. The van der Waals surface area contributed by atoms with Crippen molar-refractivity contribution < 1.29 is 28.8 Å². The second kappa shape index (κ2) is 8.38. The molecule has 2 unspecified atom stereocenters. The van der Waals surface area contributed by atoms with Crippen LogP contribution in [-0.4, -0.2) is 34.9 Å². The van der Waals surface area contributed by atoms with Crippen molar-refractivity contribution in [2.45, 2.75) is 25.6 Å². The highest BCUT2D eigenvalue weighted by Gasteiger charge is 2.31. The number of fused-ring (bicyclic) bond motifs is 1. The number of ether oxygens (including phenoxy) is 2. The number of amides is 2. The van der Waals surface area contributed by atoms with E-state index in [0.717, 1.165) is 0 Å². The quantitative estimate of drug-likeness (QED) is 0.432. The summed E-state index contributed by atoms with van der Waals surface area (Å²) < 4.78 is 10.6. The van der Waals surface area contributed by atoms with E-state index in [0.29, 0.717) is 11.4 Å². The van der Waals surface area contributed by atoms with Crippen LogP contribution in [0.2, 0.25) is 0 Å². The summed E-state index contributed by atoms with van der Waals surface area (Å²) in [6.45, 7) is 1.35. The third-order valence-electron chi connectivity index (χ3n) is 4.06. The lowest BCUT2D eigenvalue weighted by molar-refractivity contribution is -0.384. The average molecular weight is 399 g/mol. The first-order valence-corrected chi connectivity index (χ1v) is 8.65. The third-order valence-corrected chi connectivity index (χ3v) is 4.06. The van der Waals surface area contributed by atoms with Gasteiger partial charge in [-0.05, 0) is 25.1 Å². The van der Waals surface area contributed by atoms with Gasteiger partial charge in [-0.25, -0.2) is 0 Å². The summed E-state index contributed by atoms with van der Waals surface area (Å²) in [6.07, 6.45) is -2.64. The van der Waals surface area contributed by atoms with Gasteiger partial charge in [-0.1, -0.05) is 18.2 Å². The zero-order valence-corrected chi connectivity index (χ0v) is 15.3. The highest BCUT2D eigenvalue weighted by molar-refractivity contribution is 6.00. The molecule has 1 aliphatic heterocycles. The fourth-order valence-electron chi connectivity index (χ4n) is 2.62. The Balaban J connectivity index is 1.55. The molecule has 0 radical (unpaired) electrons. The predicted octanol–water partition coefficient (Wildman–Crippen LogP) is 2.25. The van der Waals surface area contributed by atoms with Crippen LogP contribution in [-0.2, 0) is 19.1 Å². The summed E-state index contributed by atoms with van der Waals surface area (Å²) in [5.41, 5.74) is 0.513. The van der Waals surface area contributed by atoms with Crippen molar-refractivity contribution in [3.05, 3.63) is 58.6 Å². The van der Waals surface area contributed by atoms with E-state index in [1.807, 2.05) is 0 Å². The van der Waals surface area contributed by atoms with Crippen LogP contribution in [0.5, 0.6) is 5.75 Å². The number of anilines is 2. The number of nitro groups is 1. The lowest BCUT2D eigenvalue weighted by Crippen LogP contribution is -2.40. The summed E-state index contributed by atoms with van der Waals surface area (Å²) in [5.74, 6) is -1.53. The van der Waals surface area contributed by atoms with Crippen LogP contribution in [0.1, 0.15) is 13.3 Å². The molecule has 29 heavy (non-hydrogen) atoms. The lowest BCUT2D eigenvalue weighted by atomic mass is 10.1. The smallest absolute Gasteiger partial charge is 0.310 e. The van der Waals surface area contributed by atoms with Gasteiger partial charge >= 0.3 is 5.97 Å². The molecule has 2 N–H and O–H groups in total.